The Morgan fingerprint density at radius 1 is 0.290 bits per heavy atom. The zero-order valence-electron chi connectivity index (χ0n) is 45.5. The minimum atomic E-state index is 0. The molecule has 0 fully saturated rings. The standard InChI is InChI=1S/C58H121N5O.5CH4/c1-9-14-19-24-29-34-39-48-61(49-40-35-30-25-20-15-10-2)53-54-62(50-41-36-31-26-21-16-11-3)55-56-64-60(8)47-45-44-46-59(7)58(6)57-63(51-42-37-32-27-22-17-12-4)52-43-38-33-28-23-18-13-5;;;;;/h6,9-57H2,1-5,7-8H3;5*1H4. The summed E-state index contributed by atoms with van der Waals surface area (Å²) in [5.41, 5.74) is 1.29. The Bertz CT molecular complexity index is 867. The maximum Gasteiger partial charge on any atom is 0.0812 e. The lowest BCUT2D eigenvalue weighted by Gasteiger charge is -2.29. The van der Waals surface area contributed by atoms with Crippen LogP contribution < -0.4 is 0 Å². The highest BCUT2D eigenvalue weighted by atomic mass is 16.7. The van der Waals surface area contributed by atoms with Crippen molar-refractivity contribution < 1.29 is 4.84 Å². The zero-order chi connectivity index (χ0) is 46.8. The molecule has 0 saturated heterocycles. The highest BCUT2D eigenvalue weighted by molar-refractivity contribution is 4.95. The van der Waals surface area contributed by atoms with Crippen molar-refractivity contribution in [3.63, 3.8) is 0 Å². The number of hydrogen-bond donors (Lipinski definition) is 0. The highest BCUT2D eigenvalue weighted by Gasteiger charge is 2.13. The molecule has 0 aromatic rings. The van der Waals surface area contributed by atoms with E-state index in [0.29, 0.717) is 0 Å². The van der Waals surface area contributed by atoms with E-state index in [2.05, 4.69) is 80.0 Å². The van der Waals surface area contributed by atoms with Gasteiger partial charge in [0.25, 0.3) is 0 Å². The molecule has 0 atom stereocenters. The van der Waals surface area contributed by atoms with Crippen LogP contribution in [0.3, 0.4) is 0 Å². The first-order chi connectivity index (χ1) is 31.4. The lowest BCUT2D eigenvalue weighted by atomic mass is 10.1. The van der Waals surface area contributed by atoms with E-state index in [-0.39, 0.29) is 37.1 Å². The minimum absolute atomic E-state index is 0. The third-order valence-corrected chi connectivity index (χ3v) is 14.0. The SMILES string of the molecule is C.C.C.C.C.C=C(CN(CCCCCCCCC)CCCCCCCCC)N(C)CCCCN(C)OCCN(CCCCCCCCC)CCN(CCCCCCCCC)CCCCCCCCC. The number of nitrogens with zero attached hydrogens (tertiary/aromatic N) is 5. The largest absolute Gasteiger partial charge is 0.377 e. The van der Waals surface area contributed by atoms with Crippen molar-refractivity contribution in [1.82, 2.24) is 24.7 Å². The molecule has 0 heterocycles. The predicted molar refractivity (Wildman–Crippen MR) is 323 cm³/mol. The molecule has 0 spiro atoms. The fourth-order valence-corrected chi connectivity index (χ4v) is 9.30. The molecule has 69 heavy (non-hydrogen) atoms. The van der Waals surface area contributed by atoms with E-state index in [0.717, 1.165) is 39.2 Å². The van der Waals surface area contributed by atoms with Gasteiger partial charge in [-0.3, -0.25) is 14.6 Å². The number of unbranched alkanes of at least 4 members (excludes halogenated alkanes) is 31. The monoisotopic (exact) mass is 984 g/mol. The van der Waals surface area contributed by atoms with Crippen LogP contribution in [0.15, 0.2) is 12.3 Å². The first-order valence-corrected chi connectivity index (χ1v) is 29.3. The van der Waals surface area contributed by atoms with Crippen LogP contribution in [0.5, 0.6) is 0 Å². The molecule has 0 bridgehead atoms. The third-order valence-electron chi connectivity index (χ3n) is 14.0. The van der Waals surface area contributed by atoms with E-state index in [4.69, 9.17) is 4.84 Å². The molecule has 0 unspecified atom stereocenters. The zero-order valence-corrected chi connectivity index (χ0v) is 45.5. The van der Waals surface area contributed by atoms with Gasteiger partial charge in [-0.15, -0.1) is 0 Å². The topological polar surface area (TPSA) is 25.4 Å². The van der Waals surface area contributed by atoms with Crippen LogP contribution in [0.2, 0.25) is 0 Å². The van der Waals surface area contributed by atoms with Crippen LogP contribution in [0.4, 0.5) is 0 Å². The molecule has 424 valence electrons. The van der Waals surface area contributed by atoms with E-state index >= 15 is 0 Å². The Hall–Kier alpha value is -0.660. The summed E-state index contributed by atoms with van der Waals surface area (Å²) in [6.07, 6.45) is 50.9. The molecular weight excluding hydrogens is 843 g/mol. The molecule has 0 aliphatic heterocycles. The Morgan fingerprint density at radius 3 is 0.855 bits per heavy atom. The number of hydrogen-bond acceptors (Lipinski definition) is 6. The lowest BCUT2D eigenvalue weighted by Crippen LogP contribution is -2.39. The van der Waals surface area contributed by atoms with Crippen molar-refractivity contribution in [2.75, 3.05) is 92.7 Å². The fraction of sp³-hybridized carbons (Fsp3) is 0.968. The molecule has 0 aliphatic rings. The maximum atomic E-state index is 6.39. The second kappa shape index (κ2) is 65.4. The van der Waals surface area contributed by atoms with Gasteiger partial charge < -0.3 is 9.80 Å². The molecular formula is C63H141N5O. The summed E-state index contributed by atoms with van der Waals surface area (Å²) in [4.78, 5) is 17.1. The van der Waals surface area contributed by atoms with Crippen LogP contribution in [-0.4, -0.2) is 117 Å². The molecule has 0 radical (unpaired) electrons. The smallest absolute Gasteiger partial charge is 0.0812 e. The minimum Gasteiger partial charge on any atom is -0.377 e. The summed E-state index contributed by atoms with van der Waals surface area (Å²) in [5, 5.41) is 2.13. The van der Waals surface area contributed by atoms with Crippen LogP contribution >= 0.6 is 0 Å². The highest BCUT2D eigenvalue weighted by Crippen LogP contribution is 2.15. The van der Waals surface area contributed by atoms with Gasteiger partial charge in [0.2, 0.25) is 0 Å². The van der Waals surface area contributed by atoms with Gasteiger partial charge in [-0.2, -0.15) is 5.06 Å². The molecule has 6 heteroatoms. The fourth-order valence-electron chi connectivity index (χ4n) is 9.30. The molecule has 6 nitrogen and oxygen atoms in total. The van der Waals surface area contributed by atoms with Gasteiger partial charge in [0.15, 0.2) is 0 Å². The van der Waals surface area contributed by atoms with Gasteiger partial charge in [-0.25, -0.2) is 0 Å². The molecule has 0 N–H and O–H groups in total. The van der Waals surface area contributed by atoms with Gasteiger partial charge in [0, 0.05) is 59.1 Å². The van der Waals surface area contributed by atoms with E-state index in [1.54, 1.807) is 0 Å². The number of likely N-dealkylation sites (N-methyl/N-ethyl adjacent to an activating group) is 1. The second-order valence-corrected chi connectivity index (χ2v) is 20.4. The molecule has 0 rings (SSSR count). The van der Waals surface area contributed by atoms with Crippen molar-refractivity contribution in [1.29, 1.82) is 0 Å². The normalized spacial score (nSPS) is 11.1. The first-order valence-electron chi connectivity index (χ1n) is 29.3. The Labute approximate surface area is 442 Å². The van der Waals surface area contributed by atoms with Gasteiger partial charge in [-0.1, -0.05) is 271 Å². The summed E-state index contributed by atoms with van der Waals surface area (Å²) >= 11 is 0. The molecule has 0 aliphatic carbocycles. The molecule has 0 saturated carbocycles. The van der Waals surface area contributed by atoms with Crippen molar-refractivity contribution in [3.8, 4) is 0 Å². The summed E-state index contributed by atoms with van der Waals surface area (Å²) in [5.74, 6) is 0. The third kappa shape index (κ3) is 58.1. The quantitative estimate of drug-likeness (QED) is 0.0445. The predicted octanol–water partition coefficient (Wildman–Crippen LogP) is 19.9. The first kappa shape index (κ1) is 79.7. The molecule has 0 aromatic heterocycles. The lowest BCUT2D eigenvalue weighted by molar-refractivity contribution is -0.144. The number of hydroxylamine groups is 2. The summed E-state index contributed by atoms with van der Waals surface area (Å²) < 4.78 is 0. The van der Waals surface area contributed by atoms with Crippen LogP contribution in [-0.2, 0) is 4.84 Å². The van der Waals surface area contributed by atoms with Crippen molar-refractivity contribution >= 4 is 0 Å². The average Bonchev–Trinajstić information content (AvgIpc) is 3.29. The van der Waals surface area contributed by atoms with E-state index < -0.39 is 0 Å². The molecule has 0 aromatic carbocycles. The Morgan fingerprint density at radius 2 is 0.536 bits per heavy atom. The van der Waals surface area contributed by atoms with Crippen molar-refractivity contribution in [2.45, 2.75) is 309 Å². The average molecular weight is 985 g/mol. The van der Waals surface area contributed by atoms with Crippen molar-refractivity contribution in [2.24, 2.45) is 0 Å². The van der Waals surface area contributed by atoms with Crippen LogP contribution in [0.1, 0.15) is 309 Å². The van der Waals surface area contributed by atoms with Gasteiger partial charge >= 0.3 is 0 Å². The Balaban J connectivity index is -0.00000198. The van der Waals surface area contributed by atoms with Crippen LogP contribution in [0.25, 0.3) is 0 Å². The van der Waals surface area contributed by atoms with E-state index in [1.807, 2.05) is 0 Å². The van der Waals surface area contributed by atoms with E-state index in [1.165, 1.54) is 283 Å². The van der Waals surface area contributed by atoms with E-state index in [9.17, 15) is 0 Å². The maximum absolute atomic E-state index is 6.39. The summed E-state index contributed by atoms with van der Waals surface area (Å²) in [7, 11) is 4.42. The summed E-state index contributed by atoms with van der Waals surface area (Å²) in [6, 6.07) is 0. The number of rotatable bonds is 55. The summed E-state index contributed by atoms with van der Waals surface area (Å²) in [6.45, 7) is 29.8. The van der Waals surface area contributed by atoms with Gasteiger partial charge in [0.1, 0.15) is 0 Å². The van der Waals surface area contributed by atoms with Gasteiger partial charge in [0.05, 0.1) is 6.61 Å². The van der Waals surface area contributed by atoms with Crippen molar-refractivity contribution in [3.05, 3.63) is 12.3 Å². The van der Waals surface area contributed by atoms with Gasteiger partial charge in [-0.05, 0) is 77.7 Å². The van der Waals surface area contributed by atoms with Crippen LogP contribution in [0, 0.1) is 0 Å². The Kier molecular flexibility index (Phi) is 75.5. The second-order valence-electron chi connectivity index (χ2n) is 20.4. The molecule has 0 amide bonds.